The fourth-order valence-corrected chi connectivity index (χ4v) is 2.54. The Morgan fingerprint density at radius 3 is 2.36 bits per heavy atom. The first-order valence-corrected chi connectivity index (χ1v) is 6.51. The molecule has 7 atom stereocenters. The van der Waals surface area contributed by atoms with Crippen LogP contribution in [-0.4, -0.2) is 87.2 Å². The summed E-state index contributed by atoms with van der Waals surface area (Å²) in [5.41, 5.74) is 5.69. The summed E-state index contributed by atoms with van der Waals surface area (Å²) in [4.78, 5) is 22.8. The topological polar surface area (TPSA) is 180 Å². The zero-order valence-corrected chi connectivity index (χ0v) is 12.1. The molecule has 1 aliphatic rings. The van der Waals surface area contributed by atoms with E-state index in [9.17, 15) is 24.9 Å². The van der Waals surface area contributed by atoms with E-state index in [1.54, 1.807) is 0 Å². The van der Waals surface area contributed by atoms with Gasteiger partial charge in [0.05, 0.1) is 18.8 Å². The van der Waals surface area contributed by atoms with Gasteiger partial charge < -0.3 is 40.7 Å². The lowest BCUT2D eigenvalue weighted by molar-refractivity contribution is -0.312. The second-order valence-electron chi connectivity index (χ2n) is 5.19. The zero-order chi connectivity index (χ0) is 17.2. The minimum Gasteiger partial charge on any atom is -0.477 e. The number of ketones is 1. The maximum Gasteiger partial charge on any atom is 0.365 e. The highest BCUT2D eigenvalue weighted by Gasteiger charge is 2.61. The number of Topliss-reactive ketones (excluding diaryl/α,β-unsaturated/α-hetero) is 1. The van der Waals surface area contributed by atoms with Crippen molar-refractivity contribution in [2.45, 2.75) is 43.2 Å². The Balaban J connectivity index is 3.20. The molecule has 0 aromatic carbocycles. The molecular formula is C12H21NO9. The number of methoxy groups -OCH3 is 1. The van der Waals surface area contributed by atoms with Gasteiger partial charge in [0.15, 0.2) is 0 Å². The van der Waals surface area contributed by atoms with Crippen molar-refractivity contribution >= 4 is 11.8 Å². The molecule has 10 heteroatoms. The third kappa shape index (κ3) is 3.13. The predicted octanol–water partition coefficient (Wildman–Crippen LogP) is -3.58. The van der Waals surface area contributed by atoms with Crippen LogP contribution in [0.25, 0.3) is 0 Å². The number of nitrogens with two attached hydrogens (primary N) is 1. The molecule has 0 aromatic heterocycles. The summed E-state index contributed by atoms with van der Waals surface area (Å²) in [5.74, 6) is -7.63. The number of rotatable bonds is 6. The van der Waals surface area contributed by atoms with E-state index in [4.69, 9.17) is 25.4 Å². The van der Waals surface area contributed by atoms with E-state index in [0.29, 0.717) is 0 Å². The molecule has 0 spiro atoms. The van der Waals surface area contributed by atoms with Gasteiger partial charge in [0.1, 0.15) is 30.0 Å². The van der Waals surface area contributed by atoms with Crippen LogP contribution in [0.1, 0.15) is 6.92 Å². The molecule has 1 rings (SSSR count). The Bertz CT molecular complexity index is 427. The Morgan fingerprint density at radius 1 is 1.45 bits per heavy atom. The van der Waals surface area contributed by atoms with Crippen molar-refractivity contribution in [2.24, 2.45) is 11.7 Å². The monoisotopic (exact) mass is 323 g/mol. The molecule has 2 unspecified atom stereocenters. The van der Waals surface area contributed by atoms with Crippen LogP contribution in [-0.2, 0) is 19.1 Å². The van der Waals surface area contributed by atoms with Crippen molar-refractivity contribution < 1.29 is 44.6 Å². The van der Waals surface area contributed by atoms with E-state index in [1.165, 1.54) is 7.11 Å². The molecule has 1 heterocycles. The van der Waals surface area contributed by atoms with E-state index in [0.717, 1.165) is 6.92 Å². The smallest absolute Gasteiger partial charge is 0.365 e. The lowest BCUT2D eigenvalue weighted by atomic mass is 9.79. The number of hydrogen-bond acceptors (Lipinski definition) is 9. The van der Waals surface area contributed by atoms with Gasteiger partial charge in [-0.2, -0.15) is 0 Å². The molecule has 0 aromatic rings. The molecule has 0 amide bonds. The van der Waals surface area contributed by atoms with Crippen LogP contribution in [0.15, 0.2) is 0 Å². The van der Waals surface area contributed by atoms with E-state index in [2.05, 4.69) is 0 Å². The number of ether oxygens (including phenoxy) is 2. The van der Waals surface area contributed by atoms with Crippen LogP contribution in [0.3, 0.4) is 0 Å². The van der Waals surface area contributed by atoms with Crippen LogP contribution in [0.5, 0.6) is 0 Å². The minimum atomic E-state index is -3.06. The third-order valence-electron chi connectivity index (χ3n) is 3.80. The molecule has 0 radical (unpaired) electrons. The van der Waals surface area contributed by atoms with Crippen LogP contribution >= 0.6 is 0 Å². The van der Waals surface area contributed by atoms with Gasteiger partial charge >= 0.3 is 5.97 Å². The standard InChI is InChI=1S/C12H21NO9/c1-4(15)6-9(17)7(13)10(8(16)5(3-14)21-2)22-12(6,20)11(18)19/h5-10,14,16-17,20H,3,13H2,1-2H3,(H,18,19)/t5-,6?,7-,8-,9+,10-,12?/m1/s1. The lowest BCUT2D eigenvalue weighted by Crippen LogP contribution is -2.71. The molecule has 0 aliphatic carbocycles. The predicted molar refractivity (Wildman–Crippen MR) is 69.5 cm³/mol. The fourth-order valence-electron chi connectivity index (χ4n) is 2.54. The van der Waals surface area contributed by atoms with Crippen molar-refractivity contribution in [1.82, 2.24) is 0 Å². The van der Waals surface area contributed by atoms with Gasteiger partial charge in [-0.3, -0.25) is 4.79 Å². The lowest BCUT2D eigenvalue weighted by Gasteiger charge is -2.47. The Hall–Kier alpha value is -1.14. The molecule has 7 N–H and O–H groups in total. The SMILES string of the molecule is CO[C@H](CO)[C@@H](O)[C@@H]1OC(O)(C(=O)O)C(C(C)=O)[C@H](O)[C@H]1N. The number of hydrogen-bond donors (Lipinski definition) is 6. The van der Waals surface area contributed by atoms with Gasteiger partial charge in [-0.1, -0.05) is 0 Å². The molecule has 0 bridgehead atoms. The van der Waals surface area contributed by atoms with Gasteiger partial charge in [-0.25, -0.2) is 4.79 Å². The van der Waals surface area contributed by atoms with Crippen molar-refractivity contribution in [2.75, 3.05) is 13.7 Å². The first kappa shape index (κ1) is 18.9. The van der Waals surface area contributed by atoms with Gasteiger partial charge in [0.25, 0.3) is 5.79 Å². The van der Waals surface area contributed by atoms with Crippen LogP contribution in [0, 0.1) is 5.92 Å². The largest absolute Gasteiger partial charge is 0.477 e. The highest BCUT2D eigenvalue weighted by Crippen LogP contribution is 2.35. The average molecular weight is 323 g/mol. The highest BCUT2D eigenvalue weighted by atomic mass is 16.7. The summed E-state index contributed by atoms with van der Waals surface area (Å²) in [6.07, 6.45) is -6.18. The number of aliphatic hydroxyl groups excluding tert-OH is 3. The van der Waals surface area contributed by atoms with Gasteiger partial charge in [0, 0.05) is 7.11 Å². The number of carbonyl (C=O) groups is 2. The van der Waals surface area contributed by atoms with Crippen LogP contribution in [0.2, 0.25) is 0 Å². The summed E-state index contributed by atoms with van der Waals surface area (Å²) in [7, 11) is 1.18. The fraction of sp³-hybridized carbons (Fsp3) is 0.833. The maximum absolute atomic E-state index is 11.6. The normalized spacial score (nSPS) is 38.3. The van der Waals surface area contributed by atoms with Crippen molar-refractivity contribution in [3.05, 3.63) is 0 Å². The molecule has 22 heavy (non-hydrogen) atoms. The number of carboxylic acid groups (broad SMARTS) is 1. The van der Waals surface area contributed by atoms with Crippen molar-refractivity contribution in [3.8, 4) is 0 Å². The van der Waals surface area contributed by atoms with Gasteiger partial charge in [0.2, 0.25) is 0 Å². The van der Waals surface area contributed by atoms with E-state index in [-0.39, 0.29) is 0 Å². The summed E-state index contributed by atoms with van der Waals surface area (Å²) in [6, 6.07) is -1.38. The first-order chi connectivity index (χ1) is 10.1. The van der Waals surface area contributed by atoms with Crippen molar-refractivity contribution in [3.63, 3.8) is 0 Å². The summed E-state index contributed by atoms with van der Waals surface area (Å²) in [6.45, 7) is 0.336. The third-order valence-corrected chi connectivity index (χ3v) is 3.80. The molecule has 10 nitrogen and oxygen atoms in total. The van der Waals surface area contributed by atoms with Gasteiger partial charge in [-0.15, -0.1) is 0 Å². The number of carboxylic acids is 1. The molecular weight excluding hydrogens is 302 g/mol. The maximum atomic E-state index is 11.6. The molecule has 0 saturated carbocycles. The molecule has 1 fully saturated rings. The Labute approximate surface area is 126 Å². The summed E-state index contributed by atoms with van der Waals surface area (Å²) < 4.78 is 9.74. The second kappa shape index (κ2) is 6.96. The van der Waals surface area contributed by atoms with Gasteiger partial charge in [-0.05, 0) is 6.92 Å². The summed E-state index contributed by atoms with van der Waals surface area (Å²) in [5, 5.41) is 48.5. The van der Waals surface area contributed by atoms with E-state index < -0.39 is 60.5 Å². The van der Waals surface area contributed by atoms with Crippen molar-refractivity contribution in [1.29, 1.82) is 0 Å². The summed E-state index contributed by atoms with van der Waals surface area (Å²) >= 11 is 0. The first-order valence-electron chi connectivity index (χ1n) is 6.51. The molecule has 1 aliphatic heterocycles. The quantitative estimate of drug-likeness (QED) is 0.286. The molecule has 128 valence electrons. The Morgan fingerprint density at radius 2 is 2.00 bits per heavy atom. The number of aliphatic hydroxyl groups is 4. The zero-order valence-electron chi connectivity index (χ0n) is 12.1. The number of aliphatic carboxylic acids is 1. The average Bonchev–Trinajstić information content (AvgIpc) is 2.43. The highest BCUT2D eigenvalue weighted by molar-refractivity contribution is 5.88. The van der Waals surface area contributed by atoms with Crippen LogP contribution < -0.4 is 5.73 Å². The van der Waals surface area contributed by atoms with E-state index >= 15 is 0 Å². The minimum absolute atomic E-state index is 0.637. The Kier molecular flexibility index (Phi) is 5.98. The molecule has 1 saturated heterocycles. The van der Waals surface area contributed by atoms with Crippen LogP contribution in [0.4, 0.5) is 0 Å². The van der Waals surface area contributed by atoms with E-state index in [1.807, 2.05) is 0 Å². The number of carbonyl (C=O) groups excluding carboxylic acids is 1. The second-order valence-corrected chi connectivity index (χ2v) is 5.19.